The highest BCUT2D eigenvalue weighted by molar-refractivity contribution is 8.24. The minimum Gasteiger partial charge on any atom is -0.299 e. The van der Waals surface area contributed by atoms with Crippen molar-refractivity contribution < 1.29 is 9.11 Å². The summed E-state index contributed by atoms with van der Waals surface area (Å²) in [6.45, 7) is 10.2. The Morgan fingerprint density at radius 3 is 2.47 bits per heavy atom. The van der Waals surface area contributed by atoms with Crippen LogP contribution >= 0.6 is 10.6 Å². The van der Waals surface area contributed by atoms with Crippen LogP contribution in [0.4, 0.5) is 0 Å². The molecule has 1 saturated heterocycles. The van der Waals surface area contributed by atoms with Crippen molar-refractivity contribution in [2.75, 3.05) is 24.6 Å². The molecule has 0 unspecified atom stereocenters. The molecule has 34 heavy (non-hydrogen) atoms. The molecule has 0 bridgehead atoms. The van der Waals surface area contributed by atoms with Gasteiger partial charge in [-0.1, -0.05) is 26.8 Å². The Balaban J connectivity index is 1.74. The Bertz CT molecular complexity index is 1320. The molecule has 3 heterocycles. The summed E-state index contributed by atoms with van der Waals surface area (Å²) < 4.78 is 23.2. The third-order valence-electron chi connectivity index (χ3n) is 6.49. The van der Waals surface area contributed by atoms with Crippen LogP contribution in [0.3, 0.4) is 0 Å². The van der Waals surface area contributed by atoms with Crippen LogP contribution < -0.4 is 5.69 Å². The van der Waals surface area contributed by atoms with E-state index in [1.165, 1.54) is 0 Å². The first-order valence-electron chi connectivity index (χ1n) is 11.5. The average Bonchev–Trinajstić information content (AvgIpc) is 3.01. The summed E-state index contributed by atoms with van der Waals surface area (Å²) >= 11 is 0. The molecule has 0 spiro atoms. The third-order valence-corrected chi connectivity index (χ3v) is 8.17. The van der Waals surface area contributed by atoms with Crippen LogP contribution in [-0.2, 0) is 13.6 Å². The summed E-state index contributed by atoms with van der Waals surface area (Å²) in [6, 6.07) is 11.9. The van der Waals surface area contributed by atoms with Gasteiger partial charge in [-0.05, 0) is 42.2 Å². The monoisotopic (exact) mass is 483 g/mol. The van der Waals surface area contributed by atoms with E-state index in [9.17, 15) is 19.2 Å². The largest absolute Gasteiger partial charge is 0.330 e. The molecule has 9 heteroatoms. The lowest BCUT2D eigenvalue weighted by Gasteiger charge is -2.43. The number of aryl methyl sites for hydroxylation is 1. The van der Waals surface area contributed by atoms with Gasteiger partial charge in [-0.25, -0.2) is 9.78 Å². The lowest BCUT2D eigenvalue weighted by atomic mass is 9.96. The second-order valence-electron chi connectivity index (χ2n) is 10.4. The van der Waals surface area contributed by atoms with Crippen LogP contribution in [0.15, 0.2) is 35.1 Å². The Hall–Kier alpha value is -2.64. The van der Waals surface area contributed by atoms with Crippen LogP contribution in [0.5, 0.6) is 0 Å². The molecule has 8 nitrogen and oxygen atoms in total. The number of aromatic nitrogens is 3. The van der Waals surface area contributed by atoms with E-state index in [4.69, 9.17) is 4.98 Å². The van der Waals surface area contributed by atoms with E-state index in [0.29, 0.717) is 48.0 Å². The number of hydrogen-bond acceptors (Lipinski definition) is 6. The Kier molecular flexibility index (Phi) is 6.38. The first-order valence-corrected chi connectivity index (χ1v) is 13.4. The minimum atomic E-state index is -2.46. The zero-order valence-electron chi connectivity index (χ0n) is 20.4. The van der Waals surface area contributed by atoms with Crippen LogP contribution in [0.25, 0.3) is 22.4 Å². The zero-order valence-corrected chi connectivity index (χ0v) is 21.3. The number of nitrogens with zero attached hydrogens (tertiary/aromatic N) is 5. The molecule has 2 aromatic heterocycles. The lowest BCUT2D eigenvalue weighted by molar-refractivity contribution is 0.223. The van der Waals surface area contributed by atoms with Gasteiger partial charge in [-0.3, -0.25) is 23.1 Å². The highest BCUT2D eigenvalue weighted by atomic mass is 32.3. The van der Waals surface area contributed by atoms with E-state index in [2.05, 4.69) is 38.7 Å². The van der Waals surface area contributed by atoms with Crippen LogP contribution in [0.2, 0.25) is 0 Å². The fraction of sp³-hybridized carbons (Fsp3) is 0.480. The number of nitriles is 1. The highest BCUT2D eigenvalue weighted by Gasteiger charge is 2.26. The summed E-state index contributed by atoms with van der Waals surface area (Å²) in [5.74, 6) is 0.774. The third kappa shape index (κ3) is 4.77. The van der Waals surface area contributed by atoms with Gasteiger partial charge in [0.05, 0.1) is 34.3 Å². The van der Waals surface area contributed by atoms with Gasteiger partial charge in [0, 0.05) is 38.3 Å². The summed E-state index contributed by atoms with van der Waals surface area (Å²) in [5.41, 5.74) is 4.14. The normalized spacial score (nSPS) is 18.5. The van der Waals surface area contributed by atoms with Crippen molar-refractivity contribution in [2.24, 2.45) is 12.5 Å². The summed E-state index contributed by atoms with van der Waals surface area (Å²) in [4.78, 5) is 19.9. The molecule has 1 fully saturated rings. The predicted octanol–water partition coefficient (Wildman–Crippen LogP) is 4.45. The molecule has 1 aromatic carbocycles. The first-order chi connectivity index (χ1) is 15.9. The van der Waals surface area contributed by atoms with Crippen LogP contribution in [0.1, 0.15) is 44.9 Å². The second-order valence-corrected chi connectivity index (χ2v) is 12.8. The Morgan fingerprint density at radius 2 is 1.85 bits per heavy atom. The van der Waals surface area contributed by atoms with Gasteiger partial charge in [0.15, 0.2) is 5.65 Å². The fourth-order valence-electron chi connectivity index (χ4n) is 4.52. The van der Waals surface area contributed by atoms with E-state index in [1.807, 2.05) is 30.3 Å². The minimum absolute atomic E-state index is 0.0583. The van der Waals surface area contributed by atoms with Crippen molar-refractivity contribution in [3.8, 4) is 17.3 Å². The van der Waals surface area contributed by atoms with Crippen molar-refractivity contribution in [3.05, 3.63) is 51.9 Å². The Labute approximate surface area is 201 Å². The van der Waals surface area contributed by atoms with Gasteiger partial charge in [-0.2, -0.15) is 15.9 Å². The smallest absolute Gasteiger partial charge is 0.299 e. The molecule has 2 N–H and O–H groups in total. The molecular formula is C25H33N5O3S. The fourth-order valence-corrected chi connectivity index (χ4v) is 5.78. The van der Waals surface area contributed by atoms with Gasteiger partial charge in [-0.15, -0.1) is 0 Å². The summed E-state index contributed by atoms with van der Waals surface area (Å²) in [7, 11) is -0.729. The molecule has 0 saturated carbocycles. The summed E-state index contributed by atoms with van der Waals surface area (Å²) in [6.07, 6.45) is 0. The lowest BCUT2D eigenvalue weighted by Crippen LogP contribution is -2.39. The highest BCUT2D eigenvalue weighted by Crippen LogP contribution is 2.42. The number of pyridine rings is 1. The molecule has 0 radical (unpaired) electrons. The van der Waals surface area contributed by atoms with Gasteiger partial charge >= 0.3 is 5.69 Å². The zero-order chi connectivity index (χ0) is 24.8. The second kappa shape index (κ2) is 8.86. The molecule has 1 aliphatic heterocycles. The van der Waals surface area contributed by atoms with Crippen molar-refractivity contribution in [2.45, 2.75) is 40.3 Å². The standard InChI is InChI=1S/C25H33N5O3S/c1-17(29-10-12-34(32,33)13-11-29)18-6-7-19(15-26)20(14-18)21-8-9-22-23(27-21)28(5)24(31)30(22)16-25(2,3)4/h6-9,14,17,32-33H,10-13,16H2,1-5H3/t17-/m1/s1. The molecule has 182 valence electrons. The number of rotatable bonds is 4. The van der Waals surface area contributed by atoms with Gasteiger partial charge in [0.25, 0.3) is 0 Å². The topological polar surface area (TPSA) is 107 Å². The number of imidazole rings is 1. The van der Waals surface area contributed by atoms with Crippen LogP contribution in [-0.4, -0.2) is 52.7 Å². The molecule has 4 rings (SSSR count). The maximum atomic E-state index is 12.9. The van der Waals surface area contributed by atoms with E-state index in [0.717, 1.165) is 16.6 Å². The van der Waals surface area contributed by atoms with Gasteiger partial charge < -0.3 is 0 Å². The van der Waals surface area contributed by atoms with Crippen molar-refractivity contribution in [1.82, 2.24) is 19.0 Å². The van der Waals surface area contributed by atoms with E-state index < -0.39 is 10.6 Å². The quantitative estimate of drug-likeness (QED) is 0.568. The van der Waals surface area contributed by atoms with E-state index >= 15 is 0 Å². The predicted molar refractivity (Wildman–Crippen MR) is 137 cm³/mol. The maximum absolute atomic E-state index is 12.9. The van der Waals surface area contributed by atoms with Gasteiger partial charge in [0.1, 0.15) is 0 Å². The van der Waals surface area contributed by atoms with E-state index in [1.54, 1.807) is 16.2 Å². The van der Waals surface area contributed by atoms with Crippen molar-refractivity contribution in [3.63, 3.8) is 0 Å². The first kappa shape index (κ1) is 24.5. The molecule has 1 atom stereocenters. The summed E-state index contributed by atoms with van der Waals surface area (Å²) in [5, 5.41) is 9.76. The average molecular weight is 484 g/mol. The van der Waals surface area contributed by atoms with Crippen molar-refractivity contribution in [1.29, 1.82) is 5.26 Å². The molecule has 0 amide bonds. The molecule has 3 aromatic rings. The molecule has 1 aliphatic rings. The van der Waals surface area contributed by atoms with E-state index in [-0.39, 0.29) is 17.1 Å². The SMILES string of the molecule is C[C@H](c1ccc(C#N)c(-c2ccc3c(n2)n(C)c(=O)n3CC(C)(C)C)c1)N1CCS(O)(O)CC1. The maximum Gasteiger partial charge on any atom is 0.330 e. The number of hydrogen-bond donors (Lipinski definition) is 2. The van der Waals surface area contributed by atoms with Crippen LogP contribution in [0, 0.1) is 16.7 Å². The Morgan fingerprint density at radius 1 is 1.18 bits per heavy atom. The number of fused-ring (bicyclic) bond motifs is 1. The van der Waals surface area contributed by atoms with Crippen molar-refractivity contribution >= 4 is 21.8 Å². The molecular weight excluding hydrogens is 450 g/mol. The molecule has 0 aliphatic carbocycles. The van der Waals surface area contributed by atoms with Gasteiger partial charge in [0.2, 0.25) is 0 Å². The number of benzene rings is 1.